The quantitative estimate of drug-likeness (QED) is 0.121. The number of nitrogens with zero attached hydrogens (tertiary/aromatic N) is 7. The number of aromatic nitrogens is 7. The highest BCUT2D eigenvalue weighted by Crippen LogP contribution is 2.38. The van der Waals surface area contributed by atoms with Crippen molar-refractivity contribution in [2.24, 2.45) is 21.1 Å². The number of carbonyl (C=O) groups excluding carboxylic acids is 3. The molecule has 0 aliphatic carbocycles. The van der Waals surface area contributed by atoms with Crippen molar-refractivity contribution < 1.29 is 38.3 Å². The molecule has 21 heteroatoms. The minimum atomic E-state index is -0.496. The zero-order valence-corrected chi connectivity index (χ0v) is 47.9. The summed E-state index contributed by atoms with van der Waals surface area (Å²) in [5, 5.41) is 13.3. The summed E-state index contributed by atoms with van der Waals surface area (Å²) in [6, 6.07) is 9.92. The third kappa shape index (κ3) is 13.5. The maximum absolute atomic E-state index is 11.6. The fourth-order valence-electron chi connectivity index (χ4n) is 8.62. The minimum absolute atomic E-state index is 0. The van der Waals surface area contributed by atoms with Gasteiger partial charge in [-0.1, -0.05) is 0 Å². The number of methoxy groups -OCH3 is 1. The highest BCUT2D eigenvalue weighted by Gasteiger charge is 2.52. The van der Waals surface area contributed by atoms with Gasteiger partial charge in [-0.2, -0.15) is 27.0 Å². The number of hydrogen-bond acceptors (Lipinski definition) is 14. The Kier molecular flexibility index (Phi) is 21.2. The zero-order valence-electron chi connectivity index (χ0n) is 42.7. The lowest BCUT2D eigenvalue weighted by Crippen LogP contribution is -2.41. The molecule has 7 aromatic rings. The van der Waals surface area contributed by atoms with Crippen molar-refractivity contribution in [2.45, 2.75) is 97.4 Å². The molecule has 72 heavy (non-hydrogen) atoms. The Morgan fingerprint density at radius 2 is 1.21 bits per heavy atom. The minimum Gasteiger partial charge on any atom is -0.399 e. The van der Waals surface area contributed by atoms with Crippen molar-refractivity contribution in [2.75, 3.05) is 26.9 Å². The molecule has 0 bridgehead atoms. The zero-order chi connectivity index (χ0) is 51.3. The van der Waals surface area contributed by atoms with Gasteiger partial charge in [0.05, 0.1) is 83.0 Å². The second kappa shape index (κ2) is 25.3. The lowest BCUT2D eigenvalue weighted by molar-refractivity contribution is -0.117. The Hall–Kier alpha value is -4.29. The average Bonchev–Trinajstić information content (AvgIpc) is 4.10. The van der Waals surface area contributed by atoms with Gasteiger partial charge >= 0.3 is 7.12 Å². The van der Waals surface area contributed by atoms with Crippen molar-refractivity contribution in [1.82, 2.24) is 33.6 Å². The molecule has 1 atom stereocenters. The summed E-state index contributed by atoms with van der Waals surface area (Å²) in [4.78, 5) is 52.0. The third-order valence-electron chi connectivity index (χ3n) is 13.0. The highest BCUT2D eigenvalue weighted by atomic mass is 79.9. The first-order valence-electron chi connectivity index (χ1n) is 22.8. The number of ketones is 3. The molecule has 2 fully saturated rings. The summed E-state index contributed by atoms with van der Waals surface area (Å²) in [6.07, 6.45) is 13.2. The Morgan fingerprint density at radius 3 is 1.69 bits per heavy atom. The van der Waals surface area contributed by atoms with E-state index in [1.165, 1.54) is 0 Å². The monoisotopic (exact) mass is 1120 g/mol. The smallest absolute Gasteiger partial charge is 0.399 e. The van der Waals surface area contributed by atoms with E-state index in [1.54, 1.807) is 40.3 Å². The van der Waals surface area contributed by atoms with Gasteiger partial charge < -0.3 is 37.6 Å². The molecule has 0 spiro atoms. The van der Waals surface area contributed by atoms with E-state index in [0.717, 1.165) is 88.7 Å². The first-order valence-corrected chi connectivity index (χ1v) is 24.9. The molecule has 386 valence electrons. The van der Waals surface area contributed by atoms with Gasteiger partial charge in [-0.25, -0.2) is 0 Å². The highest BCUT2D eigenvalue weighted by molar-refractivity contribution is 9.10. The van der Waals surface area contributed by atoms with Gasteiger partial charge in [0.2, 0.25) is 0 Å². The van der Waals surface area contributed by atoms with Crippen LogP contribution in [0.15, 0.2) is 72.0 Å². The molecule has 0 unspecified atom stereocenters. The van der Waals surface area contributed by atoms with Crippen LogP contribution in [0.2, 0.25) is 0 Å². The van der Waals surface area contributed by atoms with E-state index in [2.05, 4.69) is 53.3 Å². The van der Waals surface area contributed by atoms with Gasteiger partial charge in [0.1, 0.15) is 17.3 Å². The Balaban J connectivity index is 0.000000239. The number of aliphatic hydroxyl groups excluding tert-OH is 1. The molecule has 15 nitrogen and oxygen atoms in total. The fraction of sp³-hybridized carbons (Fsp3) is 0.431. The molecule has 0 radical (unpaired) electrons. The van der Waals surface area contributed by atoms with Crippen LogP contribution in [0, 0.1) is 0 Å². The number of ether oxygens (including phenoxy) is 2. The molecule has 2 saturated heterocycles. The molecule has 2 aliphatic rings. The van der Waals surface area contributed by atoms with E-state index in [0.29, 0.717) is 39.1 Å². The van der Waals surface area contributed by atoms with Crippen LogP contribution in [0.5, 0.6) is 0 Å². The summed E-state index contributed by atoms with van der Waals surface area (Å²) in [6.45, 7) is 14.4. The molecule has 1 N–H and O–H groups in total. The van der Waals surface area contributed by atoms with E-state index >= 15 is 0 Å². The van der Waals surface area contributed by atoms with Crippen LogP contribution in [-0.4, -0.2) is 101 Å². The number of halogens is 1. The van der Waals surface area contributed by atoms with Crippen LogP contribution in [0.25, 0.3) is 44.0 Å². The van der Waals surface area contributed by atoms with Crippen molar-refractivity contribution in [3.05, 3.63) is 100 Å². The number of carbonyl (C=O) groups is 3. The Morgan fingerprint density at radius 1 is 0.736 bits per heavy atom. The summed E-state index contributed by atoms with van der Waals surface area (Å²) in [5.74, 6) is 0.312. The number of aliphatic hydroxyl groups is 1. The number of hydrogen-bond donors (Lipinski definition) is 1. The van der Waals surface area contributed by atoms with Gasteiger partial charge in [-0.3, -0.25) is 34.3 Å². The van der Waals surface area contributed by atoms with Crippen LogP contribution in [0.1, 0.15) is 83.2 Å². The van der Waals surface area contributed by atoms with Gasteiger partial charge in [-0.05, 0) is 107 Å². The van der Waals surface area contributed by atoms with Gasteiger partial charge in [-0.15, -0.1) is 0 Å². The SMILES string of the molecule is CC(=O)Cc1cc2c(B3OC(C)(C)C(C)(C)O3)cn(C)c2cn1.CC(=O)Cc1cc2c(Br)cn(C)c2cn1.COCc1cc(-c2cn(C)c3cnc(CC(C)=O)cc23)nc([C@]2(CO)CCOC2)c1.S.S.S=S. The molecule has 9 rings (SSSR count). The second-order valence-electron chi connectivity index (χ2n) is 19.2. The van der Waals surface area contributed by atoms with Crippen molar-refractivity contribution in [1.29, 1.82) is 0 Å². The Labute approximate surface area is 454 Å². The second-order valence-corrected chi connectivity index (χ2v) is 20.0. The van der Waals surface area contributed by atoms with Crippen molar-refractivity contribution in [3.8, 4) is 11.3 Å². The molecule has 9 heterocycles. The largest absolute Gasteiger partial charge is 0.497 e. The first kappa shape index (κ1) is 60.3. The normalized spacial score (nSPS) is 16.4. The summed E-state index contributed by atoms with van der Waals surface area (Å²) in [7, 11) is 7.16. The lowest BCUT2D eigenvalue weighted by atomic mass is 9.79. The first-order chi connectivity index (χ1) is 33.1. The molecule has 0 amide bonds. The summed E-state index contributed by atoms with van der Waals surface area (Å²) >= 11 is 10.8. The van der Waals surface area contributed by atoms with E-state index < -0.39 is 12.5 Å². The molecular formula is C51H65BBrN7O8S4. The maximum atomic E-state index is 11.6. The number of aryl methyl sites for hydroxylation is 3. The van der Waals surface area contributed by atoms with Crippen molar-refractivity contribution >= 4 is 128 Å². The topological polar surface area (TPSA) is 175 Å². The average molecular weight is 1120 g/mol. The Bertz CT molecular complexity index is 3050. The number of fused-ring (bicyclic) bond motifs is 3. The van der Waals surface area contributed by atoms with E-state index in [-0.39, 0.29) is 62.2 Å². The van der Waals surface area contributed by atoms with Crippen LogP contribution < -0.4 is 5.46 Å². The number of pyridine rings is 4. The fourth-order valence-corrected chi connectivity index (χ4v) is 9.25. The van der Waals surface area contributed by atoms with Crippen LogP contribution >= 0.6 is 42.9 Å². The standard InChI is InChI=1S/C23H27N3O4.C17H23BN2O3.C11H11BrN2O.S2.2H2S/c1-15(28)6-17-9-18-19(11-26(2)21(18)10-24-17)20-7-16(12-29-3)8-22(25-20)23(13-27)4-5-30-14-23;1-11(21)7-12-8-13-14(10-20(6)15(13)9-19-12)18-22-16(2,3)17(4,5)23-18;1-7(15)3-8-4-9-10(12)6-14(2)11(9)5-13-8;1-2;;/h7-11,27H,4-6,12-14H2,1-3H3;8-10H,7H2,1-6H3;4-6H,3H2,1-2H3;;2*1H2/t23-;;;;;/m0...../s1. The summed E-state index contributed by atoms with van der Waals surface area (Å²) < 4.78 is 30.4. The van der Waals surface area contributed by atoms with Crippen LogP contribution in [-0.2, 0) is 108 Å². The van der Waals surface area contributed by atoms with Gasteiger partial charge in [0.15, 0.2) is 0 Å². The van der Waals surface area contributed by atoms with Crippen LogP contribution in [0.4, 0.5) is 0 Å². The molecule has 0 saturated carbocycles. The predicted octanol–water partition coefficient (Wildman–Crippen LogP) is 7.26. The van der Waals surface area contributed by atoms with Crippen LogP contribution in [0.3, 0.4) is 0 Å². The predicted molar refractivity (Wildman–Crippen MR) is 302 cm³/mol. The van der Waals surface area contributed by atoms with E-state index in [9.17, 15) is 19.5 Å². The molecule has 7 aromatic heterocycles. The van der Waals surface area contributed by atoms with E-state index in [4.69, 9.17) is 23.8 Å². The molecule has 2 aliphatic heterocycles. The van der Waals surface area contributed by atoms with Crippen molar-refractivity contribution in [3.63, 3.8) is 0 Å². The lowest BCUT2D eigenvalue weighted by Gasteiger charge is -2.32. The molecular weight excluding hydrogens is 1060 g/mol. The third-order valence-corrected chi connectivity index (χ3v) is 13.6. The number of rotatable bonds is 12. The van der Waals surface area contributed by atoms with Gasteiger partial charge in [0.25, 0.3) is 0 Å². The number of Topliss-reactive ketones (excluding diaryl/α,β-unsaturated/α-hetero) is 3. The maximum Gasteiger partial charge on any atom is 0.497 e. The van der Waals surface area contributed by atoms with Gasteiger partial charge in [0, 0.05) is 144 Å². The summed E-state index contributed by atoms with van der Waals surface area (Å²) in [5.41, 5.74) is 8.69. The van der Waals surface area contributed by atoms with E-state index in [1.807, 2.05) is 118 Å². The molecule has 0 aromatic carbocycles.